The normalized spacial score (nSPS) is 21.1. The van der Waals surface area contributed by atoms with E-state index in [9.17, 15) is 14.0 Å². The van der Waals surface area contributed by atoms with E-state index in [0.29, 0.717) is 41.5 Å². The van der Waals surface area contributed by atoms with Crippen LogP contribution in [0, 0.1) is 17.2 Å². The molecule has 4 aliphatic rings. The Hall–Kier alpha value is -4.27. The largest absolute Gasteiger partial charge is 0.414 e. The Balaban J connectivity index is 1.20. The summed E-state index contributed by atoms with van der Waals surface area (Å²) in [5, 5.41) is 13.6. The molecule has 0 saturated heterocycles. The molecule has 1 amide bonds. The molecule has 9 heteroatoms. The first kappa shape index (κ1) is 25.7. The predicted molar refractivity (Wildman–Crippen MR) is 153 cm³/mol. The monoisotopic (exact) mass is 553 g/mol. The maximum absolute atomic E-state index is 13.8. The number of nitrogens with zero attached hydrogens (tertiary/aromatic N) is 2. The molecule has 1 aliphatic heterocycles. The van der Waals surface area contributed by atoms with Gasteiger partial charge in [0.15, 0.2) is 5.78 Å². The van der Waals surface area contributed by atoms with Gasteiger partial charge in [-0.3, -0.25) is 14.9 Å². The maximum Gasteiger partial charge on any atom is 0.414 e. The van der Waals surface area contributed by atoms with Crippen LogP contribution in [0.2, 0.25) is 0 Å². The molecule has 0 radical (unpaired) electrons. The molecule has 1 atom stereocenters. The summed E-state index contributed by atoms with van der Waals surface area (Å²) in [6.07, 6.45) is 13.0. The number of carbonyl (C=O) groups is 2. The number of halogens is 1. The average molecular weight is 554 g/mol. The van der Waals surface area contributed by atoms with Crippen LogP contribution in [0.15, 0.2) is 59.9 Å². The molecule has 3 aliphatic carbocycles. The van der Waals surface area contributed by atoms with Gasteiger partial charge in [-0.15, -0.1) is 5.10 Å². The number of hydrogen-bond donors (Lipinski definition) is 3. The third kappa shape index (κ3) is 5.16. The van der Waals surface area contributed by atoms with Crippen LogP contribution in [-0.4, -0.2) is 33.6 Å². The van der Waals surface area contributed by atoms with Crippen LogP contribution < -0.4 is 15.4 Å². The number of aromatic amines is 1. The zero-order valence-electron chi connectivity index (χ0n) is 22.7. The number of ketones is 1. The molecule has 1 unspecified atom stereocenters. The van der Waals surface area contributed by atoms with Gasteiger partial charge < -0.3 is 15.4 Å². The predicted octanol–water partition coefficient (Wildman–Crippen LogP) is 6.51. The number of aromatic nitrogens is 3. The molecule has 7 rings (SSSR count). The molecule has 2 fully saturated rings. The highest BCUT2D eigenvalue weighted by Gasteiger charge is 2.46. The molecule has 41 heavy (non-hydrogen) atoms. The number of benzene rings is 1. The number of carbonyl (C=O) groups excluding carboxylic acids is 2. The van der Waals surface area contributed by atoms with Gasteiger partial charge in [0, 0.05) is 41.9 Å². The molecule has 2 aromatic heterocycles. The Morgan fingerprint density at radius 1 is 1.15 bits per heavy atom. The van der Waals surface area contributed by atoms with Crippen molar-refractivity contribution < 1.29 is 18.7 Å². The van der Waals surface area contributed by atoms with Crippen molar-refractivity contribution in [2.75, 3.05) is 11.9 Å². The van der Waals surface area contributed by atoms with Crippen molar-refractivity contribution in [3.8, 4) is 17.0 Å². The van der Waals surface area contributed by atoms with E-state index in [-0.39, 0.29) is 22.9 Å². The number of fused-ring (bicyclic) bond motifs is 1. The fourth-order valence-corrected chi connectivity index (χ4v) is 6.58. The first-order valence-electron chi connectivity index (χ1n) is 14.4. The summed E-state index contributed by atoms with van der Waals surface area (Å²) >= 11 is 0. The Morgan fingerprint density at radius 2 is 2.00 bits per heavy atom. The van der Waals surface area contributed by atoms with E-state index in [1.807, 2.05) is 30.4 Å². The number of pyridine rings is 1. The molecule has 210 valence electrons. The van der Waals surface area contributed by atoms with Crippen LogP contribution in [0.4, 0.5) is 15.0 Å². The maximum atomic E-state index is 13.8. The summed E-state index contributed by atoms with van der Waals surface area (Å²) in [5.41, 5.74) is 4.53. The highest BCUT2D eigenvalue weighted by atomic mass is 19.1. The third-order valence-electron chi connectivity index (χ3n) is 8.87. The number of rotatable bonds is 6. The minimum absolute atomic E-state index is 0.0189. The summed E-state index contributed by atoms with van der Waals surface area (Å²) in [4.78, 5) is 30.9. The molecule has 3 heterocycles. The molecule has 8 nitrogen and oxygen atoms in total. The van der Waals surface area contributed by atoms with Gasteiger partial charge in [-0.2, -0.15) is 0 Å². The molecular weight excluding hydrogens is 521 g/mol. The molecule has 3 aromatic rings. The number of ether oxygens (including phenoxy) is 1. The number of hydrogen-bond acceptors (Lipinski definition) is 6. The molecular formula is C32H32FN5O3. The standard InChI is InChI=1S/C32H32FN5O3/c33-22-5-3-4-20(14-22)21-8-9-23(34-18-21)10-11-24-27-25(15-32(16-26(27)39)12-1-2-13-32)36-29-28(24)30(38-37-29)41-31(40)35-17-19-6-7-19/h3-5,8-11,14,18-19,24H,1-2,6-7,12-13,15-17H2,(H,35,40)(H2,36,37,38)/b11-10+. The summed E-state index contributed by atoms with van der Waals surface area (Å²) in [5.74, 6) is 0.685. The van der Waals surface area contributed by atoms with Crippen LogP contribution in [0.25, 0.3) is 17.2 Å². The topological polar surface area (TPSA) is 109 Å². The van der Waals surface area contributed by atoms with Crippen molar-refractivity contribution in [2.24, 2.45) is 11.3 Å². The van der Waals surface area contributed by atoms with Crippen molar-refractivity contribution in [1.82, 2.24) is 20.5 Å². The lowest BCUT2D eigenvalue weighted by Crippen LogP contribution is -2.35. The van der Waals surface area contributed by atoms with Gasteiger partial charge in [0.1, 0.15) is 11.6 Å². The van der Waals surface area contributed by atoms with Crippen LogP contribution >= 0.6 is 0 Å². The highest BCUT2D eigenvalue weighted by Crippen LogP contribution is 2.54. The Morgan fingerprint density at radius 3 is 2.76 bits per heavy atom. The van der Waals surface area contributed by atoms with E-state index in [4.69, 9.17) is 4.74 Å². The smallest absolute Gasteiger partial charge is 0.389 e. The summed E-state index contributed by atoms with van der Waals surface area (Å²) in [6.45, 7) is 0.584. The number of anilines is 1. The van der Waals surface area contributed by atoms with Gasteiger partial charge in [0.2, 0.25) is 5.88 Å². The van der Waals surface area contributed by atoms with E-state index in [2.05, 4.69) is 25.8 Å². The minimum Gasteiger partial charge on any atom is -0.389 e. The van der Waals surface area contributed by atoms with Crippen molar-refractivity contribution in [3.05, 3.63) is 77.0 Å². The first-order chi connectivity index (χ1) is 20.0. The quantitative estimate of drug-likeness (QED) is 0.321. The summed E-state index contributed by atoms with van der Waals surface area (Å²) < 4.78 is 19.3. The van der Waals surface area contributed by atoms with E-state index in [1.54, 1.807) is 12.3 Å². The first-order valence-corrected chi connectivity index (χ1v) is 14.4. The number of nitrogens with one attached hydrogen (secondary N) is 3. The number of amides is 1. The molecule has 1 aromatic carbocycles. The van der Waals surface area contributed by atoms with Gasteiger partial charge >= 0.3 is 6.09 Å². The minimum atomic E-state index is -0.553. The Bertz CT molecular complexity index is 1560. The van der Waals surface area contributed by atoms with Crippen molar-refractivity contribution in [1.29, 1.82) is 0 Å². The van der Waals surface area contributed by atoms with E-state index in [1.165, 1.54) is 12.1 Å². The number of allylic oxidation sites excluding steroid dienone is 3. The van der Waals surface area contributed by atoms with E-state index < -0.39 is 12.0 Å². The van der Waals surface area contributed by atoms with Crippen molar-refractivity contribution in [3.63, 3.8) is 0 Å². The van der Waals surface area contributed by atoms with Gasteiger partial charge in [0.05, 0.1) is 11.3 Å². The second-order valence-electron chi connectivity index (χ2n) is 11.9. The fraction of sp³-hybridized carbons (Fsp3) is 0.375. The lowest BCUT2D eigenvalue weighted by atomic mass is 9.68. The van der Waals surface area contributed by atoms with Crippen molar-refractivity contribution >= 4 is 23.8 Å². The van der Waals surface area contributed by atoms with Crippen LogP contribution in [0.5, 0.6) is 5.88 Å². The Labute approximate surface area is 237 Å². The second kappa shape index (κ2) is 10.3. The molecule has 3 N–H and O–H groups in total. The Kier molecular flexibility index (Phi) is 6.44. The zero-order valence-corrected chi connectivity index (χ0v) is 22.7. The van der Waals surface area contributed by atoms with E-state index in [0.717, 1.165) is 61.8 Å². The zero-order chi connectivity index (χ0) is 28.0. The van der Waals surface area contributed by atoms with E-state index >= 15 is 0 Å². The average Bonchev–Trinajstić information content (AvgIpc) is 3.57. The number of H-pyrrole nitrogens is 1. The lowest BCUT2D eigenvalue weighted by Gasteiger charge is -2.39. The van der Waals surface area contributed by atoms with Crippen LogP contribution in [-0.2, 0) is 4.79 Å². The highest BCUT2D eigenvalue weighted by molar-refractivity contribution is 6.01. The molecule has 2 saturated carbocycles. The van der Waals surface area contributed by atoms with Gasteiger partial charge in [-0.05, 0) is 73.3 Å². The molecule has 0 bridgehead atoms. The van der Waals surface area contributed by atoms with Crippen molar-refractivity contribution in [2.45, 2.75) is 57.3 Å². The second-order valence-corrected chi connectivity index (χ2v) is 11.9. The van der Waals surface area contributed by atoms with Crippen LogP contribution in [0.3, 0.4) is 0 Å². The van der Waals surface area contributed by atoms with Gasteiger partial charge in [0.25, 0.3) is 0 Å². The van der Waals surface area contributed by atoms with Gasteiger partial charge in [-0.1, -0.05) is 37.1 Å². The fourth-order valence-electron chi connectivity index (χ4n) is 6.58. The lowest BCUT2D eigenvalue weighted by molar-refractivity contribution is -0.118. The van der Waals surface area contributed by atoms with Gasteiger partial charge in [-0.25, -0.2) is 9.18 Å². The number of Topliss-reactive ketones (excluding diaryl/α,β-unsaturated/α-hetero) is 1. The van der Waals surface area contributed by atoms with Crippen LogP contribution in [0.1, 0.15) is 68.5 Å². The summed E-state index contributed by atoms with van der Waals surface area (Å²) in [7, 11) is 0. The SMILES string of the molecule is O=C(NCC1CC1)Oc1n[nH]c2c1C(/C=C/c1ccc(-c3cccc(F)c3)cn1)C1=C(CC3(CCCC3)CC1=O)N2. The summed E-state index contributed by atoms with van der Waals surface area (Å²) in [6, 6.07) is 10.2. The third-order valence-corrected chi connectivity index (χ3v) is 8.87. The molecule has 1 spiro atoms.